The van der Waals surface area contributed by atoms with E-state index in [9.17, 15) is 0 Å². The minimum atomic E-state index is -0.127. The smallest absolute Gasteiger partial charge is 0.112 e. The molecule has 3 atom stereocenters. The summed E-state index contributed by atoms with van der Waals surface area (Å²) < 4.78 is 18.6. The normalized spacial score (nSPS) is 23.3. The molecule has 0 fully saturated rings. The molecular formula is C20H21BrO3. The maximum atomic E-state index is 6.19. The van der Waals surface area contributed by atoms with Crippen LogP contribution in [0.3, 0.4) is 0 Å². The Bertz CT molecular complexity index is 672. The highest BCUT2D eigenvalue weighted by Crippen LogP contribution is 2.28. The summed E-state index contributed by atoms with van der Waals surface area (Å²) in [5, 5.41) is 0. The van der Waals surface area contributed by atoms with Crippen LogP contribution in [0.4, 0.5) is 0 Å². The molecule has 2 aromatic carbocycles. The van der Waals surface area contributed by atoms with Crippen LogP contribution in [-0.2, 0) is 20.8 Å². The molecule has 0 unspecified atom stereocenters. The first-order chi connectivity index (χ1) is 11.8. The lowest BCUT2D eigenvalue weighted by molar-refractivity contribution is -0.112. The summed E-state index contributed by atoms with van der Waals surface area (Å²) in [6, 6.07) is 18.3. The van der Waals surface area contributed by atoms with Crippen LogP contribution >= 0.6 is 15.9 Å². The molecule has 3 nitrogen and oxygen atoms in total. The van der Waals surface area contributed by atoms with Crippen molar-refractivity contribution >= 4 is 15.9 Å². The zero-order chi connectivity index (χ0) is 16.8. The van der Waals surface area contributed by atoms with Crippen LogP contribution in [0.15, 0.2) is 71.2 Å². The van der Waals surface area contributed by atoms with Gasteiger partial charge in [-0.25, -0.2) is 0 Å². The fourth-order valence-corrected chi connectivity index (χ4v) is 3.20. The van der Waals surface area contributed by atoms with Gasteiger partial charge in [-0.2, -0.15) is 0 Å². The number of hydrogen-bond acceptors (Lipinski definition) is 3. The second-order valence-electron chi connectivity index (χ2n) is 5.75. The molecule has 0 spiro atoms. The summed E-state index contributed by atoms with van der Waals surface area (Å²) in [6.45, 7) is 1.03. The quantitative estimate of drug-likeness (QED) is 0.672. The molecule has 0 N–H and O–H groups in total. The first-order valence-corrected chi connectivity index (χ1v) is 8.79. The standard InChI is InChI=1S/C20H21BrO3/c1-22-14-20-19(23-13-15-6-5-9-17(21)12-15)11-10-18(24-20)16-7-3-2-4-8-16/h2-12,18-20H,13-14H2,1H3/t18-,19+,20-/m1/s1. The first-order valence-electron chi connectivity index (χ1n) is 8.00. The van der Waals surface area contributed by atoms with E-state index in [0.29, 0.717) is 13.2 Å². The molecule has 1 aliphatic rings. The second-order valence-corrected chi connectivity index (χ2v) is 6.67. The van der Waals surface area contributed by atoms with Crippen LogP contribution in [0.25, 0.3) is 0 Å². The van der Waals surface area contributed by atoms with Crippen LogP contribution in [0.1, 0.15) is 17.2 Å². The van der Waals surface area contributed by atoms with Crippen molar-refractivity contribution in [2.45, 2.75) is 24.9 Å². The molecule has 0 radical (unpaired) electrons. The van der Waals surface area contributed by atoms with Crippen molar-refractivity contribution in [2.24, 2.45) is 0 Å². The molecule has 0 aromatic heterocycles. The predicted octanol–water partition coefficient (Wildman–Crippen LogP) is 4.68. The second kappa shape index (κ2) is 8.58. The Morgan fingerprint density at radius 3 is 2.62 bits per heavy atom. The highest BCUT2D eigenvalue weighted by Gasteiger charge is 2.28. The third-order valence-corrected chi connectivity index (χ3v) is 4.45. The van der Waals surface area contributed by atoms with Gasteiger partial charge in [-0.15, -0.1) is 0 Å². The van der Waals surface area contributed by atoms with Crippen molar-refractivity contribution in [1.29, 1.82) is 0 Å². The largest absolute Gasteiger partial charge is 0.382 e. The number of halogens is 1. The minimum absolute atomic E-state index is 0.0583. The average molecular weight is 389 g/mol. The van der Waals surface area contributed by atoms with E-state index < -0.39 is 0 Å². The van der Waals surface area contributed by atoms with Gasteiger partial charge in [0.25, 0.3) is 0 Å². The van der Waals surface area contributed by atoms with Crippen molar-refractivity contribution in [3.05, 3.63) is 82.3 Å². The number of methoxy groups -OCH3 is 1. The van der Waals surface area contributed by atoms with Gasteiger partial charge in [0.15, 0.2) is 0 Å². The maximum absolute atomic E-state index is 6.19. The Morgan fingerprint density at radius 2 is 1.88 bits per heavy atom. The van der Waals surface area contributed by atoms with Gasteiger partial charge in [0, 0.05) is 11.6 Å². The van der Waals surface area contributed by atoms with Crippen LogP contribution < -0.4 is 0 Å². The van der Waals surface area contributed by atoms with Gasteiger partial charge < -0.3 is 14.2 Å². The van der Waals surface area contributed by atoms with Gasteiger partial charge in [0.1, 0.15) is 18.3 Å². The van der Waals surface area contributed by atoms with E-state index in [0.717, 1.165) is 15.6 Å². The zero-order valence-corrected chi connectivity index (χ0v) is 15.2. The van der Waals surface area contributed by atoms with E-state index in [1.807, 2.05) is 30.3 Å². The summed E-state index contributed by atoms with van der Waals surface area (Å²) in [7, 11) is 1.69. The molecule has 1 aliphatic heterocycles. The summed E-state index contributed by atoms with van der Waals surface area (Å²) >= 11 is 3.48. The summed E-state index contributed by atoms with van der Waals surface area (Å²) in [6.07, 6.45) is 3.84. The van der Waals surface area contributed by atoms with E-state index in [2.05, 4.69) is 52.3 Å². The molecule has 4 heteroatoms. The van der Waals surface area contributed by atoms with E-state index in [1.165, 1.54) is 0 Å². The summed E-state index contributed by atoms with van der Waals surface area (Å²) in [5.41, 5.74) is 2.26. The average Bonchev–Trinajstić information content (AvgIpc) is 2.62. The van der Waals surface area contributed by atoms with Gasteiger partial charge >= 0.3 is 0 Å². The van der Waals surface area contributed by atoms with Crippen molar-refractivity contribution in [3.63, 3.8) is 0 Å². The fourth-order valence-electron chi connectivity index (χ4n) is 2.76. The number of ether oxygens (including phenoxy) is 3. The van der Waals surface area contributed by atoms with E-state index in [4.69, 9.17) is 14.2 Å². The lowest BCUT2D eigenvalue weighted by Gasteiger charge is -2.32. The van der Waals surface area contributed by atoms with Gasteiger partial charge in [-0.1, -0.05) is 70.5 Å². The number of rotatable bonds is 6. The molecule has 0 aliphatic carbocycles. The molecule has 0 saturated heterocycles. The molecule has 0 amide bonds. The predicted molar refractivity (Wildman–Crippen MR) is 97.8 cm³/mol. The molecule has 126 valence electrons. The van der Waals surface area contributed by atoms with Crippen LogP contribution in [0, 0.1) is 0 Å². The summed E-state index contributed by atoms with van der Waals surface area (Å²) in [4.78, 5) is 0. The van der Waals surface area contributed by atoms with Gasteiger partial charge in [-0.05, 0) is 23.3 Å². The topological polar surface area (TPSA) is 27.7 Å². The van der Waals surface area contributed by atoms with E-state index >= 15 is 0 Å². The Kier molecular flexibility index (Phi) is 6.21. The zero-order valence-electron chi connectivity index (χ0n) is 13.6. The number of hydrogen-bond donors (Lipinski definition) is 0. The van der Waals surface area contributed by atoms with Crippen LogP contribution in [0.2, 0.25) is 0 Å². The van der Waals surface area contributed by atoms with Crippen molar-refractivity contribution in [1.82, 2.24) is 0 Å². The third-order valence-electron chi connectivity index (χ3n) is 3.95. The molecule has 24 heavy (non-hydrogen) atoms. The lowest BCUT2D eigenvalue weighted by atomic mass is 10.0. The Morgan fingerprint density at radius 1 is 1.04 bits per heavy atom. The molecule has 1 heterocycles. The van der Waals surface area contributed by atoms with E-state index in [1.54, 1.807) is 7.11 Å². The first kappa shape index (κ1) is 17.4. The molecule has 3 rings (SSSR count). The minimum Gasteiger partial charge on any atom is -0.382 e. The summed E-state index contributed by atoms with van der Waals surface area (Å²) in [5.74, 6) is 0. The Labute approximate surface area is 151 Å². The van der Waals surface area contributed by atoms with E-state index in [-0.39, 0.29) is 18.3 Å². The van der Waals surface area contributed by atoms with Gasteiger partial charge in [0.2, 0.25) is 0 Å². The Balaban J connectivity index is 1.68. The maximum Gasteiger partial charge on any atom is 0.112 e. The van der Waals surface area contributed by atoms with Gasteiger partial charge in [-0.3, -0.25) is 0 Å². The van der Waals surface area contributed by atoms with Gasteiger partial charge in [0.05, 0.1) is 13.2 Å². The third kappa shape index (κ3) is 4.54. The SMILES string of the molecule is COC[C@H]1O[C@@H](c2ccccc2)C=C[C@@H]1OCc1cccc(Br)c1. The molecule has 0 saturated carbocycles. The molecule has 0 bridgehead atoms. The number of benzene rings is 2. The van der Waals surface area contributed by atoms with Crippen molar-refractivity contribution in [2.75, 3.05) is 13.7 Å². The van der Waals surface area contributed by atoms with Crippen LogP contribution in [0.5, 0.6) is 0 Å². The fraction of sp³-hybridized carbons (Fsp3) is 0.300. The highest BCUT2D eigenvalue weighted by molar-refractivity contribution is 9.10. The Hall–Kier alpha value is -1.46. The molecule has 2 aromatic rings. The lowest BCUT2D eigenvalue weighted by Crippen LogP contribution is -2.37. The monoisotopic (exact) mass is 388 g/mol. The van der Waals surface area contributed by atoms with Crippen LogP contribution in [-0.4, -0.2) is 25.9 Å². The molecular weight excluding hydrogens is 368 g/mol. The van der Waals surface area contributed by atoms with Crippen molar-refractivity contribution in [3.8, 4) is 0 Å². The van der Waals surface area contributed by atoms with Crippen molar-refractivity contribution < 1.29 is 14.2 Å². The highest BCUT2D eigenvalue weighted by atomic mass is 79.9.